The van der Waals surface area contributed by atoms with Gasteiger partial charge in [0.25, 0.3) is 5.91 Å². The summed E-state index contributed by atoms with van der Waals surface area (Å²) in [5, 5.41) is 3.29. The number of hydrogen-bond donors (Lipinski definition) is 1. The van der Waals surface area contributed by atoms with E-state index in [-0.39, 0.29) is 5.91 Å². The fourth-order valence-electron chi connectivity index (χ4n) is 1.95. The third-order valence-corrected chi connectivity index (χ3v) is 2.82. The molecule has 1 atom stereocenters. The van der Waals surface area contributed by atoms with Gasteiger partial charge in [0, 0.05) is 26.0 Å². The molecule has 5 heteroatoms. The van der Waals surface area contributed by atoms with E-state index in [1.54, 1.807) is 11.1 Å². The van der Waals surface area contributed by atoms with Crippen molar-refractivity contribution >= 4 is 5.91 Å². The van der Waals surface area contributed by atoms with E-state index < -0.39 is 0 Å². The van der Waals surface area contributed by atoms with E-state index in [2.05, 4.69) is 15.3 Å². The van der Waals surface area contributed by atoms with Gasteiger partial charge in [0.05, 0.1) is 6.20 Å². The average Bonchev–Trinajstić information content (AvgIpc) is 2.82. The molecule has 1 N–H and O–H groups in total. The van der Waals surface area contributed by atoms with Gasteiger partial charge >= 0.3 is 0 Å². The third-order valence-electron chi connectivity index (χ3n) is 2.82. The second kappa shape index (κ2) is 5.03. The first-order chi connectivity index (χ1) is 7.77. The highest BCUT2D eigenvalue weighted by atomic mass is 16.2. The van der Waals surface area contributed by atoms with Crippen LogP contribution in [0, 0.1) is 5.92 Å². The normalized spacial score (nSPS) is 19.7. The van der Waals surface area contributed by atoms with E-state index >= 15 is 0 Å². The predicted octanol–water partition coefficient (Wildman–Crippen LogP) is 0.158. The number of rotatable bonds is 3. The Labute approximate surface area is 94.9 Å². The lowest BCUT2D eigenvalue weighted by Crippen LogP contribution is -2.33. The Balaban J connectivity index is 1.94. The van der Waals surface area contributed by atoms with Crippen LogP contribution in [0.15, 0.2) is 18.6 Å². The molecule has 2 heterocycles. The molecule has 1 saturated heterocycles. The second-order valence-corrected chi connectivity index (χ2v) is 4.14. The van der Waals surface area contributed by atoms with Crippen LogP contribution in [0.3, 0.4) is 0 Å². The van der Waals surface area contributed by atoms with Crippen LogP contribution in [0.4, 0.5) is 0 Å². The maximum Gasteiger partial charge on any atom is 0.273 e. The zero-order valence-corrected chi connectivity index (χ0v) is 9.39. The smallest absolute Gasteiger partial charge is 0.273 e. The molecule has 0 aliphatic carbocycles. The SMILES string of the molecule is CN(CC1CCNC1)C(=O)c1cnccn1. The van der Waals surface area contributed by atoms with Crippen molar-refractivity contribution in [3.05, 3.63) is 24.3 Å². The molecule has 16 heavy (non-hydrogen) atoms. The first-order valence-corrected chi connectivity index (χ1v) is 5.49. The minimum atomic E-state index is -0.0556. The van der Waals surface area contributed by atoms with Gasteiger partial charge in [0.1, 0.15) is 5.69 Å². The Morgan fingerprint density at radius 3 is 3.12 bits per heavy atom. The Kier molecular flexibility index (Phi) is 3.46. The monoisotopic (exact) mass is 220 g/mol. The number of nitrogens with zero attached hydrogens (tertiary/aromatic N) is 3. The van der Waals surface area contributed by atoms with Gasteiger partial charge in [-0.15, -0.1) is 0 Å². The molecule has 1 aromatic rings. The van der Waals surface area contributed by atoms with Gasteiger partial charge < -0.3 is 10.2 Å². The van der Waals surface area contributed by atoms with E-state index in [4.69, 9.17) is 0 Å². The van der Waals surface area contributed by atoms with Crippen LogP contribution in [0.2, 0.25) is 0 Å². The molecule has 2 rings (SSSR count). The van der Waals surface area contributed by atoms with Crippen molar-refractivity contribution in [1.82, 2.24) is 20.2 Å². The van der Waals surface area contributed by atoms with Gasteiger partial charge in [-0.3, -0.25) is 9.78 Å². The van der Waals surface area contributed by atoms with Gasteiger partial charge in [-0.05, 0) is 25.4 Å². The molecule has 1 fully saturated rings. The topological polar surface area (TPSA) is 58.1 Å². The summed E-state index contributed by atoms with van der Waals surface area (Å²) in [6.07, 6.45) is 5.75. The quantitative estimate of drug-likeness (QED) is 0.788. The standard InChI is InChI=1S/C11H16N4O/c1-15(8-9-2-3-12-6-9)11(16)10-7-13-4-5-14-10/h4-5,7,9,12H,2-3,6,8H2,1H3. The molecule has 86 valence electrons. The maximum absolute atomic E-state index is 11.9. The number of amides is 1. The summed E-state index contributed by atoms with van der Waals surface area (Å²) >= 11 is 0. The van der Waals surface area contributed by atoms with Crippen molar-refractivity contribution in [2.45, 2.75) is 6.42 Å². The van der Waals surface area contributed by atoms with E-state index in [0.717, 1.165) is 26.1 Å². The fraction of sp³-hybridized carbons (Fsp3) is 0.545. The Morgan fingerprint density at radius 2 is 2.50 bits per heavy atom. The number of hydrogen-bond acceptors (Lipinski definition) is 4. The highest BCUT2D eigenvalue weighted by molar-refractivity contribution is 5.91. The van der Waals surface area contributed by atoms with Crippen molar-refractivity contribution in [3.63, 3.8) is 0 Å². The molecule has 0 radical (unpaired) electrons. The molecule has 1 aromatic heterocycles. The number of nitrogens with one attached hydrogen (secondary N) is 1. The van der Waals surface area contributed by atoms with Crippen LogP contribution in [-0.2, 0) is 0 Å². The summed E-state index contributed by atoms with van der Waals surface area (Å²) in [6.45, 7) is 2.83. The third kappa shape index (κ3) is 2.55. The van der Waals surface area contributed by atoms with Crippen molar-refractivity contribution in [3.8, 4) is 0 Å². The molecule has 0 saturated carbocycles. The van der Waals surface area contributed by atoms with Crippen LogP contribution in [0.25, 0.3) is 0 Å². The Morgan fingerprint density at radius 1 is 1.62 bits per heavy atom. The zero-order chi connectivity index (χ0) is 11.4. The van der Waals surface area contributed by atoms with Crippen molar-refractivity contribution in [2.75, 3.05) is 26.7 Å². The van der Waals surface area contributed by atoms with Gasteiger partial charge in [-0.1, -0.05) is 0 Å². The molecule has 1 aliphatic rings. The van der Waals surface area contributed by atoms with Crippen LogP contribution < -0.4 is 5.32 Å². The molecule has 0 spiro atoms. The van der Waals surface area contributed by atoms with Gasteiger partial charge in [-0.25, -0.2) is 4.98 Å². The van der Waals surface area contributed by atoms with E-state index in [0.29, 0.717) is 11.6 Å². The zero-order valence-electron chi connectivity index (χ0n) is 9.39. The van der Waals surface area contributed by atoms with Crippen LogP contribution in [0.5, 0.6) is 0 Å². The van der Waals surface area contributed by atoms with E-state index in [1.165, 1.54) is 12.4 Å². The van der Waals surface area contributed by atoms with Crippen LogP contribution in [0.1, 0.15) is 16.9 Å². The van der Waals surface area contributed by atoms with Crippen LogP contribution >= 0.6 is 0 Å². The summed E-state index contributed by atoms with van der Waals surface area (Å²) in [4.78, 5) is 21.6. The summed E-state index contributed by atoms with van der Waals surface area (Å²) in [5.41, 5.74) is 0.413. The lowest BCUT2D eigenvalue weighted by Gasteiger charge is -2.20. The highest BCUT2D eigenvalue weighted by Gasteiger charge is 2.20. The molecular weight excluding hydrogens is 204 g/mol. The van der Waals surface area contributed by atoms with Gasteiger partial charge in [0.2, 0.25) is 0 Å². The maximum atomic E-state index is 11.9. The number of carbonyl (C=O) groups is 1. The van der Waals surface area contributed by atoms with E-state index in [1.807, 2.05) is 7.05 Å². The van der Waals surface area contributed by atoms with E-state index in [9.17, 15) is 4.79 Å². The Bertz CT molecular complexity index is 348. The Hall–Kier alpha value is -1.49. The summed E-state index contributed by atoms with van der Waals surface area (Å²) in [7, 11) is 1.81. The predicted molar refractivity (Wildman–Crippen MR) is 60.0 cm³/mol. The first kappa shape index (κ1) is 11.0. The lowest BCUT2D eigenvalue weighted by molar-refractivity contribution is 0.0770. The molecule has 0 bridgehead atoms. The molecular formula is C11H16N4O. The first-order valence-electron chi connectivity index (χ1n) is 5.49. The van der Waals surface area contributed by atoms with Crippen molar-refractivity contribution < 1.29 is 4.79 Å². The number of carbonyl (C=O) groups excluding carboxylic acids is 1. The lowest BCUT2D eigenvalue weighted by atomic mass is 10.1. The molecule has 0 aromatic carbocycles. The van der Waals surface area contributed by atoms with Gasteiger partial charge in [0.15, 0.2) is 0 Å². The minimum Gasteiger partial charge on any atom is -0.340 e. The van der Waals surface area contributed by atoms with Crippen LogP contribution in [-0.4, -0.2) is 47.5 Å². The minimum absolute atomic E-state index is 0.0556. The second-order valence-electron chi connectivity index (χ2n) is 4.14. The molecule has 1 unspecified atom stereocenters. The fourth-order valence-corrected chi connectivity index (χ4v) is 1.95. The molecule has 5 nitrogen and oxygen atoms in total. The van der Waals surface area contributed by atoms with Crippen molar-refractivity contribution in [1.29, 1.82) is 0 Å². The summed E-state index contributed by atoms with van der Waals surface area (Å²) in [6, 6.07) is 0. The largest absolute Gasteiger partial charge is 0.340 e. The molecule has 1 amide bonds. The number of aromatic nitrogens is 2. The average molecular weight is 220 g/mol. The van der Waals surface area contributed by atoms with Gasteiger partial charge in [-0.2, -0.15) is 0 Å². The van der Waals surface area contributed by atoms with Crippen molar-refractivity contribution in [2.24, 2.45) is 5.92 Å². The summed E-state index contributed by atoms with van der Waals surface area (Å²) in [5.74, 6) is 0.505. The molecule has 1 aliphatic heterocycles. The summed E-state index contributed by atoms with van der Waals surface area (Å²) < 4.78 is 0. The highest BCUT2D eigenvalue weighted by Crippen LogP contribution is 2.10.